The molecule has 1 atom stereocenters. The number of rotatable bonds is 3. The summed E-state index contributed by atoms with van der Waals surface area (Å²) in [6.45, 7) is -0.990. The van der Waals surface area contributed by atoms with Gasteiger partial charge in [-0.1, -0.05) is 15.9 Å². The summed E-state index contributed by atoms with van der Waals surface area (Å²) in [6, 6.07) is 3.22. The van der Waals surface area contributed by atoms with E-state index in [9.17, 15) is 22.4 Å². The standard InChI is InChI=1S/C10H8BrF4NO2/c11-6-1-5(2-7(12)3-6)9(18)16-4-8(17)10(13,14)15/h1-3,8,17H,4H2,(H,16,18). The number of carbonyl (C=O) groups is 1. The number of hydrogen-bond donors (Lipinski definition) is 2. The Morgan fingerprint density at radius 2 is 2.00 bits per heavy atom. The molecular formula is C10H8BrF4NO2. The molecule has 0 spiro atoms. The summed E-state index contributed by atoms with van der Waals surface area (Å²) in [6.07, 6.45) is -7.46. The lowest BCUT2D eigenvalue weighted by Gasteiger charge is -2.15. The Labute approximate surface area is 108 Å². The van der Waals surface area contributed by atoms with Gasteiger partial charge >= 0.3 is 6.18 Å². The second kappa shape index (κ2) is 5.66. The molecule has 0 saturated carbocycles. The van der Waals surface area contributed by atoms with Crippen molar-refractivity contribution < 1.29 is 27.5 Å². The molecule has 0 aliphatic carbocycles. The Balaban J connectivity index is 2.66. The molecule has 1 aromatic rings. The van der Waals surface area contributed by atoms with Crippen molar-refractivity contribution in [3.8, 4) is 0 Å². The minimum atomic E-state index is -4.81. The van der Waals surface area contributed by atoms with Gasteiger partial charge in [-0.2, -0.15) is 13.2 Å². The van der Waals surface area contributed by atoms with E-state index >= 15 is 0 Å². The maximum absolute atomic E-state index is 12.9. The highest BCUT2D eigenvalue weighted by molar-refractivity contribution is 9.10. The van der Waals surface area contributed by atoms with Crippen LogP contribution >= 0.6 is 15.9 Å². The number of hydrogen-bond acceptors (Lipinski definition) is 2. The van der Waals surface area contributed by atoms with Gasteiger partial charge in [0.2, 0.25) is 0 Å². The summed E-state index contributed by atoms with van der Waals surface area (Å²) in [5.41, 5.74) is -0.142. The predicted molar refractivity (Wildman–Crippen MR) is 58.5 cm³/mol. The summed E-state index contributed by atoms with van der Waals surface area (Å²) >= 11 is 2.94. The first kappa shape index (κ1) is 14.9. The van der Waals surface area contributed by atoms with E-state index in [1.807, 2.05) is 5.32 Å². The maximum atomic E-state index is 12.9. The summed E-state index contributed by atoms with van der Waals surface area (Å²) < 4.78 is 49.1. The molecule has 0 radical (unpaired) electrons. The maximum Gasteiger partial charge on any atom is 0.416 e. The summed E-state index contributed by atoms with van der Waals surface area (Å²) in [5.74, 6) is -1.61. The zero-order valence-electron chi connectivity index (χ0n) is 8.76. The summed E-state index contributed by atoms with van der Waals surface area (Å²) in [4.78, 5) is 11.4. The Kier molecular flexibility index (Phi) is 4.69. The van der Waals surface area contributed by atoms with Crippen LogP contribution in [0, 0.1) is 5.82 Å². The zero-order chi connectivity index (χ0) is 13.9. The predicted octanol–water partition coefficient (Wildman–Crippen LogP) is 2.24. The molecule has 0 aliphatic heterocycles. The van der Waals surface area contributed by atoms with Crippen molar-refractivity contribution in [2.24, 2.45) is 0 Å². The van der Waals surface area contributed by atoms with Gasteiger partial charge in [-0.25, -0.2) is 4.39 Å². The van der Waals surface area contributed by atoms with Crippen LogP contribution < -0.4 is 5.32 Å². The largest absolute Gasteiger partial charge is 0.416 e. The fraction of sp³-hybridized carbons (Fsp3) is 0.300. The lowest BCUT2D eigenvalue weighted by molar-refractivity contribution is -0.201. The molecule has 1 aromatic carbocycles. The van der Waals surface area contributed by atoms with Gasteiger partial charge in [-0.15, -0.1) is 0 Å². The van der Waals surface area contributed by atoms with Crippen LogP contribution in [0.2, 0.25) is 0 Å². The monoisotopic (exact) mass is 329 g/mol. The van der Waals surface area contributed by atoms with Crippen LogP contribution in [0.5, 0.6) is 0 Å². The van der Waals surface area contributed by atoms with E-state index in [4.69, 9.17) is 5.11 Å². The number of aliphatic hydroxyl groups excluding tert-OH is 1. The second-order valence-corrected chi connectivity index (χ2v) is 4.34. The van der Waals surface area contributed by atoms with Gasteiger partial charge in [0.25, 0.3) is 5.91 Å². The van der Waals surface area contributed by atoms with Gasteiger partial charge in [0.15, 0.2) is 6.10 Å². The quantitative estimate of drug-likeness (QED) is 0.835. The molecule has 2 N–H and O–H groups in total. The molecular weight excluding hydrogens is 322 g/mol. The molecule has 1 unspecified atom stereocenters. The van der Waals surface area contributed by atoms with Gasteiger partial charge in [-0.05, 0) is 18.2 Å². The first-order chi connectivity index (χ1) is 8.20. The van der Waals surface area contributed by atoms with Crippen molar-refractivity contribution in [3.05, 3.63) is 34.1 Å². The van der Waals surface area contributed by atoms with E-state index in [1.54, 1.807) is 0 Å². The normalized spacial score (nSPS) is 13.2. The second-order valence-electron chi connectivity index (χ2n) is 3.43. The van der Waals surface area contributed by atoms with Crippen LogP contribution in [0.25, 0.3) is 0 Å². The van der Waals surface area contributed by atoms with E-state index in [0.717, 1.165) is 12.1 Å². The van der Waals surface area contributed by atoms with E-state index in [1.165, 1.54) is 6.07 Å². The first-order valence-electron chi connectivity index (χ1n) is 4.69. The van der Waals surface area contributed by atoms with Crippen molar-refractivity contribution in [1.29, 1.82) is 0 Å². The van der Waals surface area contributed by atoms with Gasteiger partial charge in [0, 0.05) is 10.0 Å². The number of halogens is 5. The molecule has 0 saturated heterocycles. The number of aliphatic hydroxyl groups is 1. The molecule has 3 nitrogen and oxygen atoms in total. The van der Waals surface area contributed by atoms with Gasteiger partial charge in [0.05, 0.1) is 6.54 Å². The van der Waals surface area contributed by atoms with Crippen molar-refractivity contribution >= 4 is 21.8 Å². The zero-order valence-corrected chi connectivity index (χ0v) is 10.3. The Morgan fingerprint density at radius 3 is 2.50 bits per heavy atom. The number of carbonyl (C=O) groups excluding carboxylic acids is 1. The lowest BCUT2D eigenvalue weighted by atomic mass is 10.2. The van der Waals surface area contributed by atoms with Crippen molar-refractivity contribution in [1.82, 2.24) is 5.32 Å². The molecule has 1 amide bonds. The SMILES string of the molecule is O=C(NCC(O)C(F)(F)F)c1cc(F)cc(Br)c1. The third-order valence-electron chi connectivity index (χ3n) is 1.96. The number of benzene rings is 1. The van der Waals surface area contributed by atoms with Gasteiger partial charge < -0.3 is 10.4 Å². The Bertz CT molecular complexity index is 430. The number of amides is 1. The van der Waals surface area contributed by atoms with Crippen molar-refractivity contribution in [3.63, 3.8) is 0 Å². The van der Waals surface area contributed by atoms with Crippen LogP contribution in [0.1, 0.15) is 10.4 Å². The minimum Gasteiger partial charge on any atom is -0.382 e. The van der Waals surface area contributed by atoms with Crippen LogP contribution in [0.3, 0.4) is 0 Å². The van der Waals surface area contributed by atoms with E-state index in [0.29, 0.717) is 0 Å². The number of nitrogens with one attached hydrogen (secondary N) is 1. The fourth-order valence-electron chi connectivity index (χ4n) is 1.09. The molecule has 0 aliphatic rings. The fourth-order valence-corrected chi connectivity index (χ4v) is 1.56. The van der Waals surface area contributed by atoms with Gasteiger partial charge in [0.1, 0.15) is 5.82 Å². The molecule has 18 heavy (non-hydrogen) atoms. The van der Waals surface area contributed by atoms with Crippen molar-refractivity contribution in [2.75, 3.05) is 6.54 Å². The van der Waals surface area contributed by atoms with E-state index in [2.05, 4.69) is 15.9 Å². The lowest BCUT2D eigenvalue weighted by Crippen LogP contribution is -2.40. The van der Waals surface area contributed by atoms with Crippen LogP contribution in [-0.4, -0.2) is 29.8 Å². The summed E-state index contributed by atoms with van der Waals surface area (Å²) in [7, 11) is 0. The molecule has 0 heterocycles. The molecule has 0 bridgehead atoms. The molecule has 8 heteroatoms. The molecule has 100 valence electrons. The summed E-state index contributed by atoms with van der Waals surface area (Å²) in [5, 5.41) is 10.5. The third kappa shape index (κ3) is 4.26. The minimum absolute atomic E-state index is 0.142. The highest BCUT2D eigenvalue weighted by Gasteiger charge is 2.38. The van der Waals surface area contributed by atoms with Crippen LogP contribution in [0.15, 0.2) is 22.7 Å². The topological polar surface area (TPSA) is 49.3 Å². The molecule has 0 fully saturated rings. The van der Waals surface area contributed by atoms with Crippen LogP contribution in [0.4, 0.5) is 17.6 Å². The van der Waals surface area contributed by atoms with Crippen LogP contribution in [-0.2, 0) is 0 Å². The molecule has 1 rings (SSSR count). The highest BCUT2D eigenvalue weighted by Crippen LogP contribution is 2.19. The Hall–Kier alpha value is -1.15. The number of alkyl halides is 3. The smallest absolute Gasteiger partial charge is 0.382 e. The third-order valence-corrected chi connectivity index (χ3v) is 2.42. The molecule has 0 aromatic heterocycles. The van der Waals surface area contributed by atoms with Crippen molar-refractivity contribution in [2.45, 2.75) is 12.3 Å². The van der Waals surface area contributed by atoms with E-state index < -0.39 is 30.5 Å². The Morgan fingerprint density at radius 1 is 1.39 bits per heavy atom. The van der Waals surface area contributed by atoms with E-state index in [-0.39, 0.29) is 10.0 Å². The first-order valence-corrected chi connectivity index (χ1v) is 5.48. The van der Waals surface area contributed by atoms with Gasteiger partial charge in [-0.3, -0.25) is 4.79 Å². The highest BCUT2D eigenvalue weighted by atomic mass is 79.9. The average Bonchev–Trinajstić information content (AvgIpc) is 2.22. The average molecular weight is 330 g/mol.